The molecular formula is C15H24N4O2. The molecule has 3 N–H and O–H groups in total. The van der Waals surface area contributed by atoms with Crippen LogP contribution in [0.1, 0.15) is 24.9 Å². The first-order valence-corrected chi connectivity index (χ1v) is 6.96. The van der Waals surface area contributed by atoms with Crippen LogP contribution in [0.2, 0.25) is 0 Å². The monoisotopic (exact) mass is 292 g/mol. The summed E-state index contributed by atoms with van der Waals surface area (Å²) in [6, 6.07) is 7.56. The average Bonchev–Trinajstić information content (AvgIpc) is 2.46. The predicted octanol–water partition coefficient (Wildman–Crippen LogP) is 1.57. The third-order valence-electron chi connectivity index (χ3n) is 3.20. The summed E-state index contributed by atoms with van der Waals surface area (Å²) in [7, 11) is 5.27. The highest BCUT2D eigenvalue weighted by atomic mass is 16.2. The third-order valence-corrected chi connectivity index (χ3v) is 3.20. The number of nitrogens with one attached hydrogen (secondary N) is 3. The standard InChI is InChI=1S/C15H24N4O2/c1-11(16-2)12-6-5-7-13(10-12)18-15(21)17-9-8-14(20)19(3)4/h5-7,10-11,16H,8-9H2,1-4H3,(H2,17,18,21). The summed E-state index contributed by atoms with van der Waals surface area (Å²) < 4.78 is 0. The normalized spacial score (nSPS) is 11.6. The third kappa shape index (κ3) is 5.83. The van der Waals surface area contributed by atoms with Gasteiger partial charge in [0.05, 0.1) is 0 Å². The van der Waals surface area contributed by atoms with Gasteiger partial charge in [0.25, 0.3) is 0 Å². The number of carbonyl (C=O) groups is 2. The molecule has 0 aliphatic heterocycles. The Morgan fingerprint density at radius 2 is 2.00 bits per heavy atom. The minimum Gasteiger partial charge on any atom is -0.349 e. The molecule has 0 heterocycles. The first-order chi connectivity index (χ1) is 9.93. The van der Waals surface area contributed by atoms with Gasteiger partial charge >= 0.3 is 6.03 Å². The lowest BCUT2D eigenvalue weighted by molar-refractivity contribution is -0.128. The largest absolute Gasteiger partial charge is 0.349 e. The van der Waals surface area contributed by atoms with E-state index in [4.69, 9.17) is 0 Å². The first-order valence-electron chi connectivity index (χ1n) is 6.96. The van der Waals surface area contributed by atoms with Crippen LogP contribution in [0.4, 0.5) is 10.5 Å². The Labute approximate surface area is 125 Å². The topological polar surface area (TPSA) is 73.5 Å². The van der Waals surface area contributed by atoms with Gasteiger partial charge in [-0.05, 0) is 31.7 Å². The summed E-state index contributed by atoms with van der Waals surface area (Å²) in [6.07, 6.45) is 0.289. The fourth-order valence-electron chi connectivity index (χ4n) is 1.73. The number of nitrogens with zero attached hydrogens (tertiary/aromatic N) is 1. The van der Waals surface area contributed by atoms with Crippen LogP contribution in [0.15, 0.2) is 24.3 Å². The van der Waals surface area contributed by atoms with Crippen molar-refractivity contribution in [3.8, 4) is 0 Å². The maximum Gasteiger partial charge on any atom is 0.319 e. The number of hydrogen-bond acceptors (Lipinski definition) is 3. The number of hydrogen-bond donors (Lipinski definition) is 3. The Balaban J connectivity index is 2.46. The van der Waals surface area contributed by atoms with Crippen LogP contribution in [-0.4, -0.2) is 44.5 Å². The summed E-state index contributed by atoms with van der Waals surface area (Å²) in [5.41, 5.74) is 1.82. The molecule has 0 fully saturated rings. The summed E-state index contributed by atoms with van der Waals surface area (Å²) >= 11 is 0. The molecule has 3 amide bonds. The molecule has 1 rings (SSSR count). The molecule has 0 aliphatic carbocycles. The van der Waals surface area contributed by atoms with E-state index in [2.05, 4.69) is 16.0 Å². The van der Waals surface area contributed by atoms with Crippen LogP contribution in [0.25, 0.3) is 0 Å². The average molecular weight is 292 g/mol. The van der Waals surface area contributed by atoms with Crippen molar-refractivity contribution < 1.29 is 9.59 Å². The summed E-state index contributed by atoms with van der Waals surface area (Å²) in [5.74, 6) is -0.0138. The maximum atomic E-state index is 11.8. The van der Waals surface area contributed by atoms with Crippen LogP contribution in [-0.2, 0) is 4.79 Å². The molecule has 0 bridgehead atoms. The Kier molecular flexibility index (Phi) is 6.68. The molecule has 0 saturated carbocycles. The van der Waals surface area contributed by atoms with Gasteiger partial charge in [-0.15, -0.1) is 0 Å². The molecule has 0 aromatic heterocycles. The molecule has 6 nitrogen and oxygen atoms in total. The van der Waals surface area contributed by atoms with Crippen LogP contribution >= 0.6 is 0 Å². The fraction of sp³-hybridized carbons (Fsp3) is 0.467. The van der Waals surface area contributed by atoms with Gasteiger partial charge in [0.2, 0.25) is 5.91 Å². The van der Waals surface area contributed by atoms with Crippen molar-refractivity contribution in [3.63, 3.8) is 0 Å². The van der Waals surface area contributed by atoms with Crippen molar-refractivity contribution in [2.24, 2.45) is 0 Å². The van der Waals surface area contributed by atoms with E-state index in [1.54, 1.807) is 14.1 Å². The molecule has 1 aromatic carbocycles. The van der Waals surface area contributed by atoms with Gasteiger partial charge in [-0.1, -0.05) is 12.1 Å². The molecule has 1 aromatic rings. The highest BCUT2D eigenvalue weighted by molar-refractivity contribution is 5.89. The van der Waals surface area contributed by atoms with Crippen LogP contribution in [0, 0.1) is 0 Å². The molecule has 116 valence electrons. The fourth-order valence-corrected chi connectivity index (χ4v) is 1.73. The first kappa shape index (κ1) is 17.0. The number of rotatable bonds is 6. The van der Waals surface area contributed by atoms with Crippen LogP contribution < -0.4 is 16.0 Å². The minimum absolute atomic E-state index is 0.0138. The second-order valence-electron chi connectivity index (χ2n) is 5.05. The highest BCUT2D eigenvalue weighted by Gasteiger charge is 2.07. The second-order valence-corrected chi connectivity index (χ2v) is 5.05. The number of amides is 3. The lowest BCUT2D eigenvalue weighted by Crippen LogP contribution is -2.33. The Hall–Kier alpha value is -2.08. The number of anilines is 1. The lowest BCUT2D eigenvalue weighted by Gasteiger charge is -2.13. The van der Waals surface area contributed by atoms with Crippen molar-refractivity contribution >= 4 is 17.6 Å². The molecule has 1 unspecified atom stereocenters. The summed E-state index contributed by atoms with van der Waals surface area (Å²) in [5, 5.41) is 8.58. The maximum absolute atomic E-state index is 11.8. The molecular weight excluding hydrogens is 268 g/mol. The van der Waals surface area contributed by atoms with Gasteiger partial charge in [0, 0.05) is 38.8 Å². The van der Waals surface area contributed by atoms with E-state index in [0.717, 1.165) is 11.3 Å². The Bertz CT molecular complexity index is 488. The zero-order chi connectivity index (χ0) is 15.8. The van der Waals surface area contributed by atoms with E-state index in [1.165, 1.54) is 4.90 Å². The quantitative estimate of drug-likeness (QED) is 0.745. The van der Waals surface area contributed by atoms with Crippen molar-refractivity contribution in [3.05, 3.63) is 29.8 Å². The van der Waals surface area contributed by atoms with Crippen LogP contribution in [0.3, 0.4) is 0 Å². The van der Waals surface area contributed by atoms with Gasteiger partial charge in [-0.3, -0.25) is 4.79 Å². The second kappa shape index (κ2) is 8.26. The van der Waals surface area contributed by atoms with Gasteiger partial charge in [0.1, 0.15) is 0 Å². The van der Waals surface area contributed by atoms with E-state index in [1.807, 2.05) is 38.2 Å². The molecule has 0 spiro atoms. The number of carbonyl (C=O) groups excluding carboxylic acids is 2. The van der Waals surface area contributed by atoms with Crippen molar-refractivity contribution in [1.29, 1.82) is 0 Å². The van der Waals surface area contributed by atoms with E-state index in [9.17, 15) is 9.59 Å². The zero-order valence-electron chi connectivity index (χ0n) is 13.1. The summed E-state index contributed by atoms with van der Waals surface area (Å²) in [4.78, 5) is 24.6. The van der Waals surface area contributed by atoms with Crippen LogP contribution in [0.5, 0.6) is 0 Å². The molecule has 0 saturated heterocycles. The molecule has 0 radical (unpaired) electrons. The molecule has 1 atom stereocenters. The van der Waals surface area contributed by atoms with Gasteiger partial charge < -0.3 is 20.9 Å². The lowest BCUT2D eigenvalue weighted by atomic mass is 10.1. The molecule has 21 heavy (non-hydrogen) atoms. The van der Waals surface area contributed by atoms with Crippen molar-refractivity contribution in [1.82, 2.24) is 15.5 Å². The van der Waals surface area contributed by atoms with Gasteiger partial charge in [-0.2, -0.15) is 0 Å². The molecule has 0 aliphatic rings. The number of urea groups is 1. The van der Waals surface area contributed by atoms with E-state index < -0.39 is 0 Å². The molecule has 6 heteroatoms. The summed E-state index contributed by atoms with van der Waals surface area (Å²) in [6.45, 7) is 2.36. The minimum atomic E-state index is -0.309. The number of benzene rings is 1. The van der Waals surface area contributed by atoms with Crippen molar-refractivity contribution in [2.45, 2.75) is 19.4 Å². The van der Waals surface area contributed by atoms with E-state index in [-0.39, 0.29) is 24.4 Å². The van der Waals surface area contributed by atoms with Gasteiger partial charge in [0.15, 0.2) is 0 Å². The Morgan fingerprint density at radius 3 is 2.62 bits per heavy atom. The van der Waals surface area contributed by atoms with E-state index in [0.29, 0.717) is 6.54 Å². The van der Waals surface area contributed by atoms with Crippen molar-refractivity contribution in [2.75, 3.05) is 33.0 Å². The predicted molar refractivity (Wildman–Crippen MR) is 84.2 cm³/mol. The smallest absolute Gasteiger partial charge is 0.319 e. The highest BCUT2D eigenvalue weighted by Crippen LogP contribution is 2.16. The Morgan fingerprint density at radius 1 is 1.29 bits per heavy atom. The SMILES string of the molecule is CNC(C)c1cccc(NC(=O)NCCC(=O)N(C)C)c1. The van der Waals surface area contributed by atoms with E-state index >= 15 is 0 Å². The van der Waals surface area contributed by atoms with Gasteiger partial charge in [-0.25, -0.2) is 4.79 Å². The zero-order valence-corrected chi connectivity index (χ0v) is 13.1.